The molecule has 1 fully saturated rings. The number of anilines is 1. The average molecular weight is 296 g/mol. The van der Waals surface area contributed by atoms with E-state index in [0.717, 1.165) is 30.6 Å². The second-order valence-electron chi connectivity index (χ2n) is 5.36. The van der Waals surface area contributed by atoms with Gasteiger partial charge in [0.25, 0.3) is 0 Å². The summed E-state index contributed by atoms with van der Waals surface area (Å²) >= 11 is 0. The van der Waals surface area contributed by atoms with Crippen molar-refractivity contribution in [2.45, 2.75) is 30.8 Å². The molecule has 5 nitrogen and oxygen atoms in total. The van der Waals surface area contributed by atoms with Crippen molar-refractivity contribution in [2.75, 3.05) is 31.6 Å². The number of hydrogen-bond donors (Lipinski definition) is 1. The Hall–Kier alpha value is -1.11. The van der Waals surface area contributed by atoms with Crippen molar-refractivity contribution in [3.8, 4) is 0 Å². The SMILES string of the molecule is CC1CN(S(=O)(=O)c2cccc3c2CCCN3)CCO1. The smallest absolute Gasteiger partial charge is 0.243 e. The Bertz CT molecular complexity index is 600. The van der Waals surface area contributed by atoms with E-state index in [9.17, 15) is 8.42 Å². The number of rotatable bonds is 2. The third-order valence-electron chi connectivity index (χ3n) is 3.87. The fourth-order valence-electron chi connectivity index (χ4n) is 2.86. The number of benzene rings is 1. The lowest BCUT2D eigenvalue weighted by Crippen LogP contribution is -2.44. The van der Waals surface area contributed by atoms with E-state index in [1.165, 1.54) is 0 Å². The zero-order valence-electron chi connectivity index (χ0n) is 11.6. The molecule has 0 radical (unpaired) electrons. The predicted molar refractivity (Wildman–Crippen MR) is 77.4 cm³/mol. The van der Waals surface area contributed by atoms with Crippen LogP contribution in [0.3, 0.4) is 0 Å². The van der Waals surface area contributed by atoms with E-state index in [0.29, 0.717) is 24.6 Å². The van der Waals surface area contributed by atoms with Gasteiger partial charge in [0.05, 0.1) is 17.6 Å². The second-order valence-corrected chi connectivity index (χ2v) is 7.26. The highest BCUT2D eigenvalue weighted by Crippen LogP contribution is 2.30. The monoisotopic (exact) mass is 296 g/mol. The molecule has 0 amide bonds. The van der Waals surface area contributed by atoms with Crippen LogP contribution < -0.4 is 5.32 Å². The van der Waals surface area contributed by atoms with Crippen molar-refractivity contribution in [3.63, 3.8) is 0 Å². The fraction of sp³-hybridized carbons (Fsp3) is 0.571. The maximum Gasteiger partial charge on any atom is 0.243 e. The summed E-state index contributed by atoms with van der Waals surface area (Å²) in [5.41, 5.74) is 1.89. The van der Waals surface area contributed by atoms with Gasteiger partial charge in [-0.15, -0.1) is 0 Å². The van der Waals surface area contributed by atoms with Crippen LogP contribution in [0.5, 0.6) is 0 Å². The summed E-state index contributed by atoms with van der Waals surface area (Å²) in [6.45, 7) is 4.14. The van der Waals surface area contributed by atoms with Crippen molar-refractivity contribution in [2.24, 2.45) is 0 Å². The highest BCUT2D eigenvalue weighted by atomic mass is 32.2. The van der Waals surface area contributed by atoms with E-state index >= 15 is 0 Å². The van der Waals surface area contributed by atoms with E-state index in [4.69, 9.17) is 4.74 Å². The van der Waals surface area contributed by atoms with Crippen LogP contribution in [0.1, 0.15) is 18.9 Å². The van der Waals surface area contributed by atoms with Crippen LogP contribution >= 0.6 is 0 Å². The summed E-state index contributed by atoms with van der Waals surface area (Å²) in [7, 11) is -3.42. The topological polar surface area (TPSA) is 58.6 Å². The molecule has 110 valence electrons. The predicted octanol–water partition coefficient (Wildman–Crippen LogP) is 1.45. The minimum Gasteiger partial charge on any atom is -0.385 e. The molecule has 3 rings (SSSR count). The molecule has 2 heterocycles. The minimum absolute atomic E-state index is 0.0452. The van der Waals surface area contributed by atoms with Gasteiger partial charge in [-0.25, -0.2) is 8.42 Å². The highest BCUT2D eigenvalue weighted by molar-refractivity contribution is 7.89. The standard InChI is InChI=1S/C14H20N2O3S/c1-11-10-16(8-9-19-11)20(17,18)14-6-2-5-13-12(14)4-3-7-15-13/h2,5-6,11,15H,3-4,7-10H2,1H3. The minimum atomic E-state index is -3.42. The second kappa shape index (κ2) is 5.35. The van der Waals surface area contributed by atoms with Gasteiger partial charge in [-0.2, -0.15) is 4.31 Å². The molecule has 1 atom stereocenters. The van der Waals surface area contributed by atoms with E-state index in [-0.39, 0.29) is 6.10 Å². The molecule has 0 saturated carbocycles. The van der Waals surface area contributed by atoms with Gasteiger partial charge < -0.3 is 10.1 Å². The zero-order valence-corrected chi connectivity index (χ0v) is 12.4. The van der Waals surface area contributed by atoms with Crippen molar-refractivity contribution in [3.05, 3.63) is 23.8 Å². The molecular formula is C14H20N2O3S. The molecule has 2 aliphatic heterocycles. The van der Waals surface area contributed by atoms with Crippen LogP contribution in [0, 0.1) is 0 Å². The van der Waals surface area contributed by atoms with E-state index in [1.807, 2.05) is 19.1 Å². The number of sulfonamides is 1. The Balaban J connectivity index is 1.99. The number of nitrogens with zero attached hydrogens (tertiary/aromatic N) is 1. The van der Waals surface area contributed by atoms with E-state index < -0.39 is 10.0 Å². The summed E-state index contributed by atoms with van der Waals surface area (Å²) in [5.74, 6) is 0. The van der Waals surface area contributed by atoms with Crippen molar-refractivity contribution < 1.29 is 13.2 Å². The lowest BCUT2D eigenvalue weighted by atomic mass is 10.0. The Morgan fingerprint density at radius 1 is 1.40 bits per heavy atom. The summed E-state index contributed by atoms with van der Waals surface area (Å²) in [4.78, 5) is 0.455. The molecular weight excluding hydrogens is 276 g/mol. The largest absolute Gasteiger partial charge is 0.385 e. The van der Waals surface area contributed by atoms with Crippen molar-refractivity contribution in [1.82, 2.24) is 4.31 Å². The lowest BCUT2D eigenvalue weighted by molar-refractivity contribution is 0.0101. The van der Waals surface area contributed by atoms with Gasteiger partial charge in [-0.3, -0.25) is 0 Å². The Labute approximate surface area is 120 Å². The van der Waals surface area contributed by atoms with Gasteiger partial charge in [0.1, 0.15) is 0 Å². The molecule has 1 saturated heterocycles. The first kappa shape index (κ1) is 13.9. The summed E-state index contributed by atoms with van der Waals surface area (Å²) in [5, 5.41) is 3.28. The Morgan fingerprint density at radius 3 is 3.05 bits per heavy atom. The first-order valence-electron chi connectivity index (χ1n) is 7.06. The number of ether oxygens (including phenoxy) is 1. The van der Waals surface area contributed by atoms with Crippen LogP contribution in [-0.4, -0.2) is 45.1 Å². The summed E-state index contributed by atoms with van der Waals surface area (Å²) in [6.07, 6.45) is 1.74. The molecule has 6 heteroatoms. The van der Waals surface area contributed by atoms with Gasteiger partial charge in [0.15, 0.2) is 0 Å². The third-order valence-corrected chi connectivity index (χ3v) is 5.82. The molecule has 1 N–H and O–H groups in total. The van der Waals surface area contributed by atoms with Crippen LogP contribution in [0.15, 0.2) is 23.1 Å². The molecule has 0 aromatic heterocycles. The zero-order chi connectivity index (χ0) is 14.2. The summed E-state index contributed by atoms with van der Waals surface area (Å²) < 4.78 is 32.7. The molecule has 1 aromatic carbocycles. The van der Waals surface area contributed by atoms with Gasteiger partial charge in [-0.05, 0) is 37.5 Å². The Kier molecular flexibility index (Phi) is 3.70. The first-order valence-corrected chi connectivity index (χ1v) is 8.50. The molecule has 1 unspecified atom stereocenters. The third kappa shape index (κ3) is 2.43. The number of nitrogens with one attached hydrogen (secondary N) is 1. The van der Waals surface area contributed by atoms with Crippen LogP contribution in [0.2, 0.25) is 0 Å². The van der Waals surface area contributed by atoms with Gasteiger partial charge >= 0.3 is 0 Å². The molecule has 0 bridgehead atoms. The van der Waals surface area contributed by atoms with E-state index in [1.54, 1.807) is 10.4 Å². The number of fused-ring (bicyclic) bond motifs is 1. The molecule has 2 aliphatic rings. The van der Waals surface area contributed by atoms with Crippen LogP contribution in [-0.2, 0) is 21.2 Å². The van der Waals surface area contributed by atoms with Gasteiger partial charge in [0.2, 0.25) is 10.0 Å². The van der Waals surface area contributed by atoms with Gasteiger partial charge in [0, 0.05) is 25.3 Å². The summed E-state index contributed by atoms with van der Waals surface area (Å²) in [6, 6.07) is 5.49. The first-order chi connectivity index (χ1) is 9.59. The average Bonchev–Trinajstić information content (AvgIpc) is 2.46. The lowest BCUT2D eigenvalue weighted by Gasteiger charge is -2.31. The quantitative estimate of drug-likeness (QED) is 0.897. The maximum absolute atomic E-state index is 12.8. The maximum atomic E-state index is 12.8. The molecule has 1 aromatic rings. The number of morpholine rings is 1. The van der Waals surface area contributed by atoms with Crippen molar-refractivity contribution in [1.29, 1.82) is 0 Å². The van der Waals surface area contributed by atoms with E-state index in [2.05, 4.69) is 5.32 Å². The number of hydrogen-bond acceptors (Lipinski definition) is 4. The van der Waals surface area contributed by atoms with Crippen LogP contribution in [0.4, 0.5) is 5.69 Å². The van der Waals surface area contributed by atoms with Crippen molar-refractivity contribution >= 4 is 15.7 Å². The molecule has 0 aliphatic carbocycles. The Morgan fingerprint density at radius 2 is 2.25 bits per heavy atom. The fourth-order valence-corrected chi connectivity index (χ4v) is 4.64. The normalized spacial score (nSPS) is 23.9. The van der Waals surface area contributed by atoms with Gasteiger partial charge in [-0.1, -0.05) is 6.07 Å². The van der Waals surface area contributed by atoms with Crippen LogP contribution in [0.25, 0.3) is 0 Å². The molecule has 20 heavy (non-hydrogen) atoms. The molecule has 0 spiro atoms. The highest BCUT2D eigenvalue weighted by Gasteiger charge is 2.31.